The van der Waals surface area contributed by atoms with E-state index in [0.29, 0.717) is 12.1 Å². The third kappa shape index (κ3) is 2.84. The van der Waals surface area contributed by atoms with Crippen molar-refractivity contribution in [2.45, 2.75) is 6.54 Å². The lowest BCUT2D eigenvalue weighted by atomic mass is 10.2. The molecule has 0 fully saturated rings. The molecule has 88 valence electrons. The summed E-state index contributed by atoms with van der Waals surface area (Å²) < 4.78 is 5.11. The number of amides is 1. The second-order valence-electron chi connectivity index (χ2n) is 3.52. The summed E-state index contributed by atoms with van der Waals surface area (Å²) in [6.45, 7) is 0.460. The number of carbonyl (C=O) groups is 1. The molecule has 0 unspecified atom stereocenters. The predicted molar refractivity (Wildman–Crippen MR) is 62.8 cm³/mol. The van der Waals surface area contributed by atoms with E-state index in [0.717, 1.165) is 11.3 Å². The average Bonchev–Trinajstić information content (AvgIpc) is 2.90. The topological polar surface area (TPSA) is 67.0 Å². The minimum absolute atomic E-state index is 0.151. The molecule has 1 amide bonds. The van der Waals surface area contributed by atoms with Crippen molar-refractivity contribution in [1.29, 1.82) is 0 Å². The van der Waals surface area contributed by atoms with Gasteiger partial charge in [-0.1, -0.05) is 12.1 Å². The van der Waals surface area contributed by atoms with Gasteiger partial charge in [0, 0.05) is 12.7 Å². The Kier molecular flexibility index (Phi) is 3.40. The minimum atomic E-state index is -0.151. The first-order valence-electron chi connectivity index (χ1n) is 5.19. The van der Waals surface area contributed by atoms with Crippen LogP contribution in [0.5, 0.6) is 5.75 Å². The van der Waals surface area contributed by atoms with Crippen LogP contribution in [0.4, 0.5) is 0 Å². The lowest BCUT2D eigenvalue weighted by molar-refractivity contribution is 0.0951. The van der Waals surface area contributed by atoms with Crippen LogP contribution < -0.4 is 10.1 Å². The Labute approximate surface area is 98.8 Å². The van der Waals surface area contributed by atoms with Crippen LogP contribution in [-0.2, 0) is 6.54 Å². The Hall–Kier alpha value is -2.30. The Morgan fingerprint density at radius 2 is 2.41 bits per heavy atom. The molecule has 5 heteroatoms. The minimum Gasteiger partial charge on any atom is -0.497 e. The number of hydrogen-bond acceptors (Lipinski definition) is 3. The number of methoxy groups -OCH3 is 1. The molecule has 2 aromatic rings. The summed E-state index contributed by atoms with van der Waals surface area (Å²) in [4.78, 5) is 11.6. The van der Waals surface area contributed by atoms with Gasteiger partial charge in [0.15, 0.2) is 0 Å². The third-order valence-electron chi connectivity index (χ3n) is 2.35. The van der Waals surface area contributed by atoms with Gasteiger partial charge in [-0.15, -0.1) is 0 Å². The van der Waals surface area contributed by atoms with Gasteiger partial charge in [0.1, 0.15) is 5.75 Å². The van der Waals surface area contributed by atoms with Gasteiger partial charge in [0.05, 0.1) is 18.9 Å². The highest BCUT2D eigenvalue weighted by Crippen LogP contribution is 2.12. The molecule has 2 rings (SSSR count). The first-order valence-corrected chi connectivity index (χ1v) is 5.19. The number of hydrogen-bond donors (Lipinski definition) is 2. The summed E-state index contributed by atoms with van der Waals surface area (Å²) in [5, 5.41) is 9.11. The maximum absolute atomic E-state index is 11.6. The van der Waals surface area contributed by atoms with E-state index in [1.54, 1.807) is 13.3 Å². The molecule has 0 spiro atoms. The van der Waals surface area contributed by atoms with Crippen molar-refractivity contribution in [2.75, 3.05) is 7.11 Å². The van der Waals surface area contributed by atoms with E-state index < -0.39 is 0 Å². The van der Waals surface area contributed by atoms with E-state index in [2.05, 4.69) is 15.5 Å². The number of benzene rings is 1. The number of carbonyl (C=O) groups excluding carboxylic acids is 1. The fourth-order valence-electron chi connectivity index (χ4n) is 1.44. The van der Waals surface area contributed by atoms with Crippen molar-refractivity contribution in [2.24, 2.45) is 0 Å². The van der Waals surface area contributed by atoms with E-state index in [9.17, 15) is 4.79 Å². The first-order chi connectivity index (χ1) is 8.29. The summed E-state index contributed by atoms with van der Waals surface area (Å²) in [5.74, 6) is 0.627. The fraction of sp³-hybridized carbons (Fsp3) is 0.167. The highest BCUT2D eigenvalue weighted by Gasteiger charge is 2.05. The molecule has 1 aromatic heterocycles. The quantitative estimate of drug-likeness (QED) is 0.834. The highest BCUT2D eigenvalue weighted by atomic mass is 16.5. The molecule has 1 aromatic carbocycles. The van der Waals surface area contributed by atoms with Gasteiger partial charge in [0.25, 0.3) is 5.91 Å². The molecule has 0 aliphatic carbocycles. The summed E-state index contributed by atoms with van der Waals surface area (Å²) in [7, 11) is 1.61. The monoisotopic (exact) mass is 231 g/mol. The summed E-state index contributed by atoms with van der Waals surface area (Å²) in [5.41, 5.74) is 1.51. The van der Waals surface area contributed by atoms with E-state index in [-0.39, 0.29) is 5.91 Å². The van der Waals surface area contributed by atoms with Crippen molar-refractivity contribution in [3.63, 3.8) is 0 Å². The van der Waals surface area contributed by atoms with Crippen molar-refractivity contribution in [1.82, 2.24) is 15.5 Å². The van der Waals surface area contributed by atoms with Crippen LogP contribution in [0, 0.1) is 0 Å². The molecular formula is C12H13N3O2. The molecule has 0 saturated heterocycles. The molecule has 0 saturated carbocycles. The molecule has 0 atom stereocenters. The second-order valence-corrected chi connectivity index (χ2v) is 3.52. The van der Waals surface area contributed by atoms with Crippen LogP contribution in [-0.4, -0.2) is 23.2 Å². The maximum Gasteiger partial charge on any atom is 0.254 e. The lowest BCUT2D eigenvalue weighted by Crippen LogP contribution is -2.22. The van der Waals surface area contributed by atoms with Gasteiger partial charge in [-0.2, -0.15) is 5.10 Å². The number of aromatic nitrogens is 2. The SMILES string of the molecule is COc1cccc(CNC(=O)c2cn[nH]c2)c1. The lowest BCUT2D eigenvalue weighted by Gasteiger charge is -2.05. The molecule has 1 heterocycles. The number of aromatic amines is 1. The molecule has 0 bridgehead atoms. The van der Waals surface area contributed by atoms with Crippen molar-refractivity contribution in [3.8, 4) is 5.75 Å². The number of H-pyrrole nitrogens is 1. The number of rotatable bonds is 4. The highest BCUT2D eigenvalue weighted by molar-refractivity contribution is 5.93. The molecule has 0 radical (unpaired) electrons. The van der Waals surface area contributed by atoms with Crippen LogP contribution in [0.25, 0.3) is 0 Å². The number of nitrogens with one attached hydrogen (secondary N) is 2. The van der Waals surface area contributed by atoms with Gasteiger partial charge < -0.3 is 10.1 Å². The Morgan fingerprint density at radius 1 is 1.53 bits per heavy atom. The Morgan fingerprint density at radius 3 is 3.12 bits per heavy atom. The van der Waals surface area contributed by atoms with Crippen molar-refractivity contribution in [3.05, 3.63) is 47.8 Å². The normalized spacial score (nSPS) is 9.94. The first kappa shape index (κ1) is 11.2. The largest absolute Gasteiger partial charge is 0.497 e. The molecule has 0 aliphatic heterocycles. The second kappa shape index (κ2) is 5.16. The maximum atomic E-state index is 11.6. The smallest absolute Gasteiger partial charge is 0.254 e. The standard InChI is InChI=1S/C12H13N3O2/c1-17-11-4-2-3-9(5-11)6-13-12(16)10-7-14-15-8-10/h2-5,7-8H,6H2,1H3,(H,13,16)(H,14,15). The Bertz CT molecular complexity index is 494. The van der Waals surface area contributed by atoms with E-state index in [1.165, 1.54) is 6.20 Å². The van der Waals surface area contributed by atoms with Gasteiger partial charge in [-0.3, -0.25) is 9.89 Å². The zero-order chi connectivity index (χ0) is 12.1. The third-order valence-corrected chi connectivity index (χ3v) is 2.35. The van der Waals surface area contributed by atoms with Gasteiger partial charge in [-0.05, 0) is 17.7 Å². The number of ether oxygens (including phenoxy) is 1. The summed E-state index contributed by atoms with van der Waals surface area (Å²) >= 11 is 0. The van der Waals surface area contributed by atoms with Gasteiger partial charge >= 0.3 is 0 Å². The fourth-order valence-corrected chi connectivity index (χ4v) is 1.44. The molecule has 5 nitrogen and oxygen atoms in total. The predicted octanol–water partition coefficient (Wildman–Crippen LogP) is 1.35. The zero-order valence-corrected chi connectivity index (χ0v) is 9.43. The van der Waals surface area contributed by atoms with Crippen LogP contribution in [0.2, 0.25) is 0 Å². The van der Waals surface area contributed by atoms with Crippen LogP contribution >= 0.6 is 0 Å². The van der Waals surface area contributed by atoms with Crippen LogP contribution in [0.3, 0.4) is 0 Å². The molecule has 2 N–H and O–H groups in total. The average molecular weight is 231 g/mol. The molecule has 17 heavy (non-hydrogen) atoms. The van der Waals surface area contributed by atoms with Crippen LogP contribution in [0.1, 0.15) is 15.9 Å². The van der Waals surface area contributed by atoms with Crippen molar-refractivity contribution < 1.29 is 9.53 Å². The van der Waals surface area contributed by atoms with Gasteiger partial charge in [-0.25, -0.2) is 0 Å². The zero-order valence-electron chi connectivity index (χ0n) is 9.43. The van der Waals surface area contributed by atoms with Crippen LogP contribution in [0.15, 0.2) is 36.7 Å². The van der Waals surface area contributed by atoms with E-state index in [4.69, 9.17) is 4.74 Å². The van der Waals surface area contributed by atoms with Gasteiger partial charge in [0.2, 0.25) is 0 Å². The summed E-state index contributed by atoms with van der Waals surface area (Å²) in [6.07, 6.45) is 3.04. The molecular weight excluding hydrogens is 218 g/mol. The number of nitrogens with zero attached hydrogens (tertiary/aromatic N) is 1. The molecule has 0 aliphatic rings. The summed E-state index contributed by atoms with van der Waals surface area (Å²) in [6, 6.07) is 7.56. The Balaban J connectivity index is 1.95. The van der Waals surface area contributed by atoms with E-state index in [1.807, 2.05) is 24.3 Å². The van der Waals surface area contributed by atoms with Crippen molar-refractivity contribution >= 4 is 5.91 Å². The van der Waals surface area contributed by atoms with E-state index >= 15 is 0 Å².